The van der Waals surface area contributed by atoms with Crippen LogP contribution >= 0.6 is 0 Å². The second-order valence-corrected chi connectivity index (χ2v) is 8.41. The van der Waals surface area contributed by atoms with Crippen molar-refractivity contribution >= 4 is 18.0 Å². The topological polar surface area (TPSA) is 100 Å². The van der Waals surface area contributed by atoms with Crippen molar-refractivity contribution in [2.75, 3.05) is 20.2 Å². The number of aromatic nitrogens is 1. The van der Waals surface area contributed by atoms with Crippen LogP contribution in [-0.2, 0) is 25.7 Å². The third-order valence-electron chi connectivity index (χ3n) is 5.52. The van der Waals surface area contributed by atoms with E-state index >= 15 is 0 Å². The minimum atomic E-state index is -0.885. The van der Waals surface area contributed by atoms with E-state index in [1.54, 1.807) is 43.2 Å². The van der Waals surface area contributed by atoms with E-state index in [0.717, 1.165) is 11.3 Å². The average molecular weight is 473 g/mol. The average Bonchev–Trinajstić information content (AvgIpc) is 3.12. The van der Waals surface area contributed by atoms with Gasteiger partial charge in [-0.05, 0) is 58.4 Å². The number of benzene rings is 1. The number of nitrogens with zero attached hydrogens (tertiary/aromatic N) is 2. The van der Waals surface area contributed by atoms with Crippen LogP contribution in [0.1, 0.15) is 43.4 Å². The van der Waals surface area contributed by atoms with Crippen molar-refractivity contribution < 1.29 is 33.1 Å². The zero-order valence-electron chi connectivity index (χ0n) is 20.5. The van der Waals surface area contributed by atoms with E-state index in [2.05, 4.69) is 5.16 Å². The van der Waals surface area contributed by atoms with Crippen LogP contribution in [0.25, 0.3) is 6.08 Å². The molecule has 2 heterocycles. The van der Waals surface area contributed by atoms with Crippen molar-refractivity contribution in [3.05, 3.63) is 46.9 Å². The lowest BCUT2D eigenvalue weighted by Gasteiger charge is -2.36. The Morgan fingerprint density at radius 3 is 2.53 bits per heavy atom. The van der Waals surface area contributed by atoms with Crippen molar-refractivity contribution in [2.45, 2.75) is 59.5 Å². The fourth-order valence-corrected chi connectivity index (χ4v) is 3.81. The number of rotatable bonds is 8. The molecule has 1 saturated heterocycles. The summed E-state index contributed by atoms with van der Waals surface area (Å²) in [6.07, 6.45) is 1.89. The summed E-state index contributed by atoms with van der Waals surface area (Å²) in [7, 11) is 1.54. The molecule has 184 valence electrons. The molecule has 1 aliphatic heterocycles. The van der Waals surface area contributed by atoms with Crippen LogP contribution in [0.15, 0.2) is 28.8 Å². The lowest BCUT2D eigenvalue weighted by molar-refractivity contribution is -0.161. The van der Waals surface area contributed by atoms with E-state index in [1.807, 2.05) is 27.7 Å². The molecule has 1 aromatic heterocycles. The van der Waals surface area contributed by atoms with Crippen LogP contribution in [0.2, 0.25) is 0 Å². The van der Waals surface area contributed by atoms with E-state index in [1.165, 1.54) is 6.08 Å². The standard InChI is InChI=1S/C25H32N2O7/c1-15-12-27(13-16(2)32-15)25(29)19(5)33-24(28)10-8-20-7-9-22(23(11-20)30-6)31-14-21-17(3)26-34-18(21)4/h7-11,15-16,19H,12-14H2,1-6H3/b10-8+. The Bertz CT molecular complexity index is 1020. The number of hydrogen-bond acceptors (Lipinski definition) is 8. The molecule has 0 radical (unpaired) electrons. The van der Waals surface area contributed by atoms with Crippen LogP contribution in [0, 0.1) is 13.8 Å². The predicted octanol–water partition coefficient (Wildman–Crippen LogP) is 3.46. The Kier molecular flexibility index (Phi) is 8.33. The van der Waals surface area contributed by atoms with Gasteiger partial charge >= 0.3 is 5.97 Å². The molecule has 34 heavy (non-hydrogen) atoms. The molecule has 9 heteroatoms. The number of hydrogen-bond donors (Lipinski definition) is 0. The van der Waals surface area contributed by atoms with E-state index < -0.39 is 12.1 Å². The second-order valence-electron chi connectivity index (χ2n) is 8.41. The molecule has 3 rings (SSSR count). The summed E-state index contributed by atoms with van der Waals surface area (Å²) in [4.78, 5) is 26.6. The Hall–Kier alpha value is -3.33. The summed E-state index contributed by atoms with van der Waals surface area (Å²) in [6.45, 7) is 10.3. The molecule has 1 aromatic carbocycles. The summed E-state index contributed by atoms with van der Waals surface area (Å²) in [5, 5.41) is 3.92. The summed E-state index contributed by atoms with van der Waals surface area (Å²) >= 11 is 0. The molecular formula is C25H32N2O7. The smallest absolute Gasteiger partial charge is 0.331 e. The first kappa shape index (κ1) is 25.3. The van der Waals surface area contributed by atoms with Gasteiger partial charge in [-0.25, -0.2) is 4.79 Å². The number of carbonyl (C=O) groups excluding carboxylic acids is 2. The number of ether oxygens (including phenoxy) is 4. The Balaban J connectivity index is 1.57. The molecule has 2 aromatic rings. The van der Waals surface area contributed by atoms with E-state index in [0.29, 0.717) is 42.5 Å². The summed E-state index contributed by atoms with van der Waals surface area (Å²) in [6, 6.07) is 5.30. The van der Waals surface area contributed by atoms with Crippen LogP contribution in [0.4, 0.5) is 0 Å². The highest BCUT2D eigenvalue weighted by Crippen LogP contribution is 2.30. The van der Waals surface area contributed by atoms with E-state index in [9.17, 15) is 9.59 Å². The normalized spacial score (nSPS) is 19.2. The molecule has 1 fully saturated rings. The molecule has 3 atom stereocenters. The zero-order chi connectivity index (χ0) is 24.8. The molecular weight excluding hydrogens is 440 g/mol. The SMILES string of the molecule is COc1cc(/C=C/C(=O)OC(C)C(=O)N2CC(C)OC(C)C2)ccc1OCc1c(C)noc1C. The summed E-state index contributed by atoms with van der Waals surface area (Å²) in [5.41, 5.74) is 2.38. The molecule has 0 bridgehead atoms. The summed E-state index contributed by atoms with van der Waals surface area (Å²) < 4.78 is 27.4. The van der Waals surface area contributed by atoms with Gasteiger partial charge in [0.2, 0.25) is 0 Å². The second kappa shape index (κ2) is 11.2. The molecule has 0 aliphatic carbocycles. The fourth-order valence-electron chi connectivity index (χ4n) is 3.81. The number of esters is 1. The number of amides is 1. The van der Waals surface area contributed by atoms with Gasteiger partial charge in [0.05, 0.1) is 30.6 Å². The number of carbonyl (C=O) groups is 2. The van der Waals surface area contributed by atoms with Gasteiger partial charge in [-0.2, -0.15) is 0 Å². The first-order valence-corrected chi connectivity index (χ1v) is 11.2. The zero-order valence-corrected chi connectivity index (χ0v) is 20.5. The molecule has 1 amide bonds. The predicted molar refractivity (Wildman–Crippen MR) is 124 cm³/mol. The van der Waals surface area contributed by atoms with Crippen LogP contribution < -0.4 is 9.47 Å². The van der Waals surface area contributed by atoms with Gasteiger partial charge in [0.15, 0.2) is 17.6 Å². The van der Waals surface area contributed by atoms with Gasteiger partial charge < -0.3 is 28.4 Å². The lowest BCUT2D eigenvalue weighted by Crippen LogP contribution is -2.51. The van der Waals surface area contributed by atoms with Crippen molar-refractivity contribution in [2.24, 2.45) is 0 Å². The van der Waals surface area contributed by atoms with Gasteiger partial charge in [-0.15, -0.1) is 0 Å². The number of morpholine rings is 1. The van der Waals surface area contributed by atoms with Crippen molar-refractivity contribution in [3.63, 3.8) is 0 Å². The molecule has 0 N–H and O–H groups in total. The first-order valence-electron chi connectivity index (χ1n) is 11.2. The molecule has 9 nitrogen and oxygen atoms in total. The Morgan fingerprint density at radius 1 is 1.21 bits per heavy atom. The number of aryl methyl sites for hydroxylation is 2. The highest BCUT2D eigenvalue weighted by molar-refractivity contribution is 5.90. The number of methoxy groups -OCH3 is 1. The highest BCUT2D eigenvalue weighted by atomic mass is 16.5. The van der Waals surface area contributed by atoms with Crippen molar-refractivity contribution in [1.29, 1.82) is 0 Å². The van der Waals surface area contributed by atoms with Crippen molar-refractivity contribution in [3.8, 4) is 11.5 Å². The molecule has 0 saturated carbocycles. The maximum absolute atomic E-state index is 12.6. The molecule has 1 aliphatic rings. The fraction of sp³-hybridized carbons (Fsp3) is 0.480. The highest BCUT2D eigenvalue weighted by Gasteiger charge is 2.30. The minimum Gasteiger partial charge on any atom is -0.493 e. The molecule has 3 unspecified atom stereocenters. The minimum absolute atomic E-state index is 0.0539. The van der Waals surface area contributed by atoms with Gasteiger partial charge in [0.25, 0.3) is 5.91 Å². The van der Waals surface area contributed by atoms with Gasteiger partial charge in [-0.1, -0.05) is 11.2 Å². The third kappa shape index (κ3) is 6.38. The Morgan fingerprint density at radius 2 is 1.91 bits per heavy atom. The van der Waals surface area contributed by atoms with Gasteiger partial charge in [0.1, 0.15) is 12.4 Å². The molecule has 0 spiro atoms. The van der Waals surface area contributed by atoms with Crippen LogP contribution in [-0.4, -0.2) is 60.4 Å². The maximum Gasteiger partial charge on any atom is 0.331 e. The lowest BCUT2D eigenvalue weighted by atomic mass is 10.2. The quantitative estimate of drug-likeness (QED) is 0.425. The monoisotopic (exact) mass is 472 g/mol. The van der Waals surface area contributed by atoms with E-state index in [4.69, 9.17) is 23.5 Å². The van der Waals surface area contributed by atoms with Crippen LogP contribution in [0.5, 0.6) is 11.5 Å². The van der Waals surface area contributed by atoms with Crippen molar-refractivity contribution in [1.82, 2.24) is 10.1 Å². The Labute approximate surface area is 199 Å². The van der Waals surface area contributed by atoms with E-state index in [-0.39, 0.29) is 18.1 Å². The first-order chi connectivity index (χ1) is 16.2. The largest absolute Gasteiger partial charge is 0.493 e. The summed E-state index contributed by atoms with van der Waals surface area (Å²) in [5.74, 6) is 0.940. The third-order valence-corrected chi connectivity index (χ3v) is 5.52. The van der Waals surface area contributed by atoms with Gasteiger partial charge in [-0.3, -0.25) is 4.79 Å². The maximum atomic E-state index is 12.6. The van der Waals surface area contributed by atoms with Crippen LogP contribution in [0.3, 0.4) is 0 Å². The van der Waals surface area contributed by atoms with Gasteiger partial charge in [0, 0.05) is 19.2 Å².